The number of hydrogen-bond acceptors (Lipinski definition) is 6. The van der Waals surface area contributed by atoms with Crippen LogP contribution in [0.3, 0.4) is 0 Å². The number of carbonyl (C=O) groups excluding carboxylic acids is 1. The maximum absolute atomic E-state index is 12.6. The molecule has 3 rings (SSSR count). The first-order valence-electron chi connectivity index (χ1n) is 8.30. The largest absolute Gasteiger partial charge is 0.340 e. The van der Waals surface area contributed by atoms with Crippen molar-refractivity contribution in [3.8, 4) is 6.07 Å². The Balaban J connectivity index is 1.68. The zero-order valence-corrected chi connectivity index (χ0v) is 14.1. The Kier molecular flexibility index (Phi) is 5.21. The van der Waals surface area contributed by atoms with E-state index in [9.17, 15) is 4.79 Å². The van der Waals surface area contributed by atoms with Crippen molar-refractivity contribution in [1.29, 1.82) is 5.26 Å². The molecule has 0 spiro atoms. The van der Waals surface area contributed by atoms with Crippen molar-refractivity contribution in [3.63, 3.8) is 0 Å². The van der Waals surface area contributed by atoms with Crippen molar-refractivity contribution >= 4 is 17.4 Å². The molecule has 7 heteroatoms. The first kappa shape index (κ1) is 16.9. The summed E-state index contributed by atoms with van der Waals surface area (Å²) in [6.07, 6.45) is 1.39. The van der Waals surface area contributed by atoms with Crippen LogP contribution in [-0.2, 0) is 0 Å². The van der Waals surface area contributed by atoms with Gasteiger partial charge in [-0.05, 0) is 30.8 Å². The van der Waals surface area contributed by atoms with Crippen molar-refractivity contribution in [3.05, 3.63) is 47.9 Å². The van der Waals surface area contributed by atoms with Crippen LogP contribution in [0.25, 0.3) is 0 Å². The minimum atomic E-state index is -0.0685. The standard InChI is InChI=1S/C18H20N6O/c1-2-23-7-9-24(10-8-23)18(25)16-11-17(21-13-20-16)22-15-5-3-14(12-19)4-6-15/h3-6,11,13H,2,7-10H2,1H3,(H,20,21,22). The highest BCUT2D eigenvalue weighted by Crippen LogP contribution is 2.16. The normalized spacial score (nSPS) is 14.8. The average Bonchev–Trinajstić information content (AvgIpc) is 2.68. The highest BCUT2D eigenvalue weighted by Gasteiger charge is 2.22. The SMILES string of the molecule is CCN1CCN(C(=O)c2cc(Nc3ccc(C#N)cc3)ncn2)CC1. The first-order valence-corrected chi connectivity index (χ1v) is 8.30. The van der Waals surface area contributed by atoms with Gasteiger partial charge in [0, 0.05) is 37.9 Å². The van der Waals surface area contributed by atoms with Crippen LogP contribution in [0.1, 0.15) is 23.0 Å². The van der Waals surface area contributed by atoms with Gasteiger partial charge >= 0.3 is 0 Å². The van der Waals surface area contributed by atoms with Gasteiger partial charge in [-0.3, -0.25) is 4.79 Å². The molecule has 7 nitrogen and oxygen atoms in total. The molecule has 0 atom stereocenters. The molecule has 1 amide bonds. The molecular weight excluding hydrogens is 316 g/mol. The summed E-state index contributed by atoms with van der Waals surface area (Å²) >= 11 is 0. The number of likely N-dealkylation sites (N-methyl/N-ethyl adjacent to an activating group) is 1. The van der Waals surface area contributed by atoms with E-state index in [1.165, 1.54) is 6.33 Å². The molecule has 0 saturated carbocycles. The van der Waals surface area contributed by atoms with Gasteiger partial charge in [0.25, 0.3) is 5.91 Å². The van der Waals surface area contributed by atoms with E-state index in [-0.39, 0.29) is 5.91 Å². The molecule has 1 aromatic heterocycles. The lowest BCUT2D eigenvalue weighted by atomic mass is 10.2. The second kappa shape index (κ2) is 7.73. The summed E-state index contributed by atoms with van der Waals surface area (Å²) in [5.74, 6) is 0.483. The van der Waals surface area contributed by atoms with Crippen LogP contribution in [-0.4, -0.2) is 58.4 Å². The predicted molar refractivity (Wildman–Crippen MR) is 94.5 cm³/mol. The van der Waals surface area contributed by atoms with Crippen LogP contribution in [0, 0.1) is 11.3 Å². The van der Waals surface area contributed by atoms with E-state index < -0.39 is 0 Å². The highest BCUT2D eigenvalue weighted by molar-refractivity contribution is 5.93. The molecule has 128 valence electrons. The van der Waals surface area contributed by atoms with E-state index in [1.807, 2.05) is 4.90 Å². The zero-order valence-electron chi connectivity index (χ0n) is 14.1. The van der Waals surface area contributed by atoms with Crippen LogP contribution in [0.5, 0.6) is 0 Å². The summed E-state index contributed by atoms with van der Waals surface area (Å²) in [7, 11) is 0. The van der Waals surface area contributed by atoms with Crippen molar-refractivity contribution in [2.45, 2.75) is 6.92 Å². The highest BCUT2D eigenvalue weighted by atomic mass is 16.2. The Morgan fingerprint density at radius 1 is 1.20 bits per heavy atom. The van der Waals surface area contributed by atoms with E-state index in [4.69, 9.17) is 5.26 Å². The summed E-state index contributed by atoms with van der Waals surface area (Å²) in [6, 6.07) is 10.8. The smallest absolute Gasteiger partial charge is 0.272 e. The van der Waals surface area contributed by atoms with Gasteiger partial charge in [-0.1, -0.05) is 6.92 Å². The molecule has 0 radical (unpaired) electrons. The van der Waals surface area contributed by atoms with Crippen molar-refractivity contribution < 1.29 is 4.79 Å². The fraction of sp³-hybridized carbons (Fsp3) is 0.333. The third kappa shape index (κ3) is 4.11. The van der Waals surface area contributed by atoms with Gasteiger partial charge in [0.2, 0.25) is 0 Å². The second-order valence-electron chi connectivity index (χ2n) is 5.83. The monoisotopic (exact) mass is 336 g/mol. The molecule has 1 aliphatic heterocycles. The lowest BCUT2D eigenvalue weighted by molar-refractivity contribution is 0.0637. The van der Waals surface area contributed by atoms with E-state index in [1.54, 1.807) is 30.3 Å². The Hall–Kier alpha value is -2.98. The van der Waals surface area contributed by atoms with Crippen LogP contribution in [0.2, 0.25) is 0 Å². The summed E-state index contributed by atoms with van der Waals surface area (Å²) in [6.45, 7) is 6.36. The topological polar surface area (TPSA) is 85.1 Å². The number of rotatable bonds is 4. The van der Waals surface area contributed by atoms with Crippen LogP contribution in [0.4, 0.5) is 11.5 Å². The number of amides is 1. The van der Waals surface area contributed by atoms with Gasteiger partial charge in [-0.2, -0.15) is 5.26 Å². The molecule has 1 N–H and O–H groups in total. The van der Waals surface area contributed by atoms with E-state index in [2.05, 4.69) is 33.2 Å². The van der Waals surface area contributed by atoms with Crippen LogP contribution < -0.4 is 5.32 Å². The minimum absolute atomic E-state index is 0.0685. The molecule has 2 heterocycles. The number of anilines is 2. The Bertz CT molecular complexity index is 775. The van der Waals surface area contributed by atoms with Crippen LogP contribution >= 0.6 is 0 Å². The summed E-state index contributed by atoms with van der Waals surface area (Å²) in [5, 5.41) is 12.0. The molecular formula is C18H20N6O. The Morgan fingerprint density at radius 2 is 1.92 bits per heavy atom. The molecule has 25 heavy (non-hydrogen) atoms. The van der Waals surface area contributed by atoms with Gasteiger partial charge in [0.1, 0.15) is 17.8 Å². The minimum Gasteiger partial charge on any atom is -0.340 e. The fourth-order valence-electron chi connectivity index (χ4n) is 2.75. The number of aromatic nitrogens is 2. The Labute approximate surface area is 146 Å². The predicted octanol–water partition coefficient (Wildman–Crippen LogP) is 1.87. The second-order valence-corrected chi connectivity index (χ2v) is 5.83. The van der Waals surface area contributed by atoms with Crippen molar-refractivity contribution in [1.82, 2.24) is 19.8 Å². The fourth-order valence-corrected chi connectivity index (χ4v) is 2.75. The quantitative estimate of drug-likeness (QED) is 0.917. The maximum Gasteiger partial charge on any atom is 0.272 e. The number of nitriles is 1. The zero-order chi connectivity index (χ0) is 17.6. The summed E-state index contributed by atoms with van der Waals surface area (Å²) in [5.41, 5.74) is 1.78. The third-order valence-electron chi connectivity index (χ3n) is 4.28. The van der Waals surface area contributed by atoms with Gasteiger partial charge in [-0.25, -0.2) is 9.97 Å². The number of hydrogen-bond donors (Lipinski definition) is 1. The molecule has 1 aromatic carbocycles. The number of piperazine rings is 1. The van der Waals surface area contributed by atoms with Gasteiger partial charge < -0.3 is 15.1 Å². The van der Waals surface area contributed by atoms with E-state index >= 15 is 0 Å². The molecule has 0 aliphatic carbocycles. The third-order valence-corrected chi connectivity index (χ3v) is 4.28. The van der Waals surface area contributed by atoms with Crippen LogP contribution in [0.15, 0.2) is 36.7 Å². The molecule has 2 aromatic rings. The number of nitrogens with one attached hydrogen (secondary N) is 1. The summed E-state index contributed by atoms with van der Waals surface area (Å²) < 4.78 is 0. The number of benzene rings is 1. The average molecular weight is 336 g/mol. The Morgan fingerprint density at radius 3 is 2.56 bits per heavy atom. The molecule has 1 saturated heterocycles. The molecule has 0 bridgehead atoms. The van der Waals surface area contributed by atoms with Crippen molar-refractivity contribution in [2.75, 3.05) is 38.0 Å². The lowest BCUT2D eigenvalue weighted by Gasteiger charge is -2.33. The maximum atomic E-state index is 12.6. The number of carbonyl (C=O) groups is 1. The van der Waals surface area contributed by atoms with Gasteiger partial charge in [0.05, 0.1) is 11.6 Å². The number of nitrogens with zero attached hydrogens (tertiary/aromatic N) is 5. The van der Waals surface area contributed by atoms with E-state index in [0.717, 1.165) is 38.4 Å². The molecule has 0 unspecified atom stereocenters. The lowest BCUT2D eigenvalue weighted by Crippen LogP contribution is -2.48. The molecule has 1 fully saturated rings. The van der Waals surface area contributed by atoms with Crippen molar-refractivity contribution in [2.24, 2.45) is 0 Å². The summed E-state index contributed by atoms with van der Waals surface area (Å²) in [4.78, 5) is 25.1. The van der Waals surface area contributed by atoms with Gasteiger partial charge in [0.15, 0.2) is 0 Å². The van der Waals surface area contributed by atoms with Gasteiger partial charge in [-0.15, -0.1) is 0 Å². The first-order chi connectivity index (χ1) is 12.2. The van der Waals surface area contributed by atoms with E-state index in [0.29, 0.717) is 17.1 Å². The molecule has 1 aliphatic rings.